The maximum Gasteiger partial charge on any atom is 0.261 e. The fraction of sp³-hybridized carbons (Fsp3) is 0.560. The first-order valence-electron chi connectivity index (χ1n) is 12.0. The average Bonchev–Trinajstić information content (AvgIpc) is 3.46. The first-order chi connectivity index (χ1) is 15.9. The fourth-order valence-corrected chi connectivity index (χ4v) is 5.22. The Balaban J connectivity index is 1.56. The Hall–Kier alpha value is -2.58. The molecule has 7 nitrogen and oxygen atoms in total. The summed E-state index contributed by atoms with van der Waals surface area (Å²) in [5.41, 5.74) is 3.07. The molecule has 1 aromatic carbocycles. The van der Waals surface area contributed by atoms with Crippen LogP contribution in [0.25, 0.3) is 22.4 Å². The van der Waals surface area contributed by atoms with Crippen molar-refractivity contribution in [3.8, 4) is 11.5 Å². The van der Waals surface area contributed by atoms with E-state index in [0.717, 1.165) is 73.3 Å². The summed E-state index contributed by atoms with van der Waals surface area (Å²) in [6, 6.07) is 4.72. The molecular formula is C25H32FN5O2. The molecule has 2 aliphatic heterocycles. The number of fused-ring (bicyclic) bond motifs is 1. The number of anilines is 1. The van der Waals surface area contributed by atoms with Gasteiger partial charge in [-0.3, -0.25) is 0 Å². The molecule has 2 aliphatic rings. The lowest BCUT2D eigenvalue weighted by molar-refractivity contribution is 0.185. The second kappa shape index (κ2) is 8.99. The predicted molar refractivity (Wildman–Crippen MR) is 126 cm³/mol. The van der Waals surface area contributed by atoms with Gasteiger partial charge in [-0.15, -0.1) is 0 Å². The van der Waals surface area contributed by atoms with E-state index < -0.39 is 0 Å². The highest BCUT2D eigenvalue weighted by molar-refractivity contribution is 5.93. The van der Waals surface area contributed by atoms with E-state index in [9.17, 15) is 0 Å². The topological polar surface area (TPSA) is 76.3 Å². The molecule has 3 atom stereocenters. The second-order valence-corrected chi connectivity index (χ2v) is 9.40. The van der Waals surface area contributed by atoms with E-state index in [1.54, 1.807) is 13.0 Å². The molecule has 33 heavy (non-hydrogen) atoms. The van der Waals surface area contributed by atoms with Gasteiger partial charge in [0.2, 0.25) is 0 Å². The lowest BCUT2D eigenvalue weighted by Gasteiger charge is -2.40. The van der Waals surface area contributed by atoms with Crippen LogP contribution in [0, 0.1) is 19.7 Å². The van der Waals surface area contributed by atoms with Gasteiger partial charge < -0.3 is 19.5 Å². The summed E-state index contributed by atoms with van der Waals surface area (Å²) < 4.78 is 26.2. The number of nitrogens with one attached hydrogen (secondary N) is 1. The standard InChI is InChI=1S/C25H32FN5O2/c1-5-17-11-20-15(3)22(25-27-16(4)30-33-25)24(29-23(20)21(26)12-17)31-8-6-18(10-14(31)2)28-19-7-9-32-13-19/h11-12,14,18-19,28H,5-10,13H2,1-4H3/t14-,18+,19-/m0/s1. The smallest absolute Gasteiger partial charge is 0.261 e. The van der Waals surface area contributed by atoms with Crippen LogP contribution in [0.2, 0.25) is 0 Å². The molecule has 8 heteroatoms. The summed E-state index contributed by atoms with van der Waals surface area (Å²) >= 11 is 0. The lowest BCUT2D eigenvalue weighted by atomic mass is 9.95. The van der Waals surface area contributed by atoms with Crippen molar-refractivity contribution < 1.29 is 13.7 Å². The second-order valence-electron chi connectivity index (χ2n) is 9.40. The van der Waals surface area contributed by atoms with E-state index in [4.69, 9.17) is 14.2 Å². The highest BCUT2D eigenvalue weighted by Gasteiger charge is 2.32. The van der Waals surface area contributed by atoms with Crippen molar-refractivity contribution in [3.63, 3.8) is 0 Å². The summed E-state index contributed by atoms with van der Waals surface area (Å²) in [6.07, 6.45) is 3.79. The number of hydrogen-bond donors (Lipinski definition) is 1. The number of halogens is 1. The van der Waals surface area contributed by atoms with Crippen LogP contribution in [-0.4, -0.2) is 53.0 Å². The number of aromatic nitrogens is 3. The maximum absolute atomic E-state index is 15.1. The number of pyridine rings is 1. The summed E-state index contributed by atoms with van der Waals surface area (Å²) in [6.45, 7) is 10.5. The van der Waals surface area contributed by atoms with Crippen molar-refractivity contribution in [1.82, 2.24) is 20.4 Å². The van der Waals surface area contributed by atoms with E-state index in [1.165, 1.54) is 0 Å². The number of piperidine rings is 1. The molecule has 0 radical (unpaired) electrons. The third-order valence-electron chi connectivity index (χ3n) is 7.04. The highest BCUT2D eigenvalue weighted by atomic mass is 19.1. The molecule has 1 N–H and O–H groups in total. The van der Waals surface area contributed by atoms with E-state index in [-0.39, 0.29) is 11.9 Å². The zero-order chi connectivity index (χ0) is 23.1. The van der Waals surface area contributed by atoms with Gasteiger partial charge in [-0.2, -0.15) is 4.98 Å². The molecular weight excluding hydrogens is 421 g/mol. The number of nitrogens with zero attached hydrogens (tertiary/aromatic N) is 4. The molecule has 0 unspecified atom stereocenters. The summed E-state index contributed by atoms with van der Waals surface area (Å²) in [7, 11) is 0. The van der Waals surface area contributed by atoms with Crippen molar-refractivity contribution in [2.45, 2.75) is 71.5 Å². The molecule has 0 spiro atoms. The number of ether oxygens (including phenoxy) is 1. The first kappa shape index (κ1) is 22.2. The Labute approximate surface area is 193 Å². The molecule has 3 aromatic rings. The molecule has 0 aliphatic carbocycles. The average molecular weight is 454 g/mol. The highest BCUT2D eigenvalue weighted by Crippen LogP contribution is 2.39. The van der Waals surface area contributed by atoms with Gasteiger partial charge >= 0.3 is 0 Å². The lowest BCUT2D eigenvalue weighted by Crippen LogP contribution is -2.50. The van der Waals surface area contributed by atoms with Crippen LogP contribution in [0.3, 0.4) is 0 Å². The minimum atomic E-state index is -0.285. The van der Waals surface area contributed by atoms with Gasteiger partial charge in [0.05, 0.1) is 12.2 Å². The van der Waals surface area contributed by atoms with Crippen LogP contribution in [0.1, 0.15) is 50.1 Å². The first-order valence-corrected chi connectivity index (χ1v) is 12.0. The van der Waals surface area contributed by atoms with Crippen LogP contribution < -0.4 is 10.2 Å². The van der Waals surface area contributed by atoms with Gasteiger partial charge in [0.1, 0.15) is 17.2 Å². The van der Waals surface area contributed by atoms with Crippen molar-refractivity contribution in [3.05, 3.63) is 34.9 Å². The number of aryl methyl sites for hydroxylation is 3. The third kappa shape index (κ3) is 4.22. The molecule has 2 saturated heterocycles. The van der Waals surface area contributed by atoms with E-state index in [2.05, 4.69) is 27.3 Å². The minimum absolute atomic E-state index is 0.226. The van der Waals surface area contributed by atoms with Gasteiger partial charge in [-0.25, -0.2) is 9.37 Å². The van der Waals surface area contributed by atoms with Crippen LogP contribution in [0.5, 0.6) is 0 Å². The SMILES string of the molecule is CCc1cc(F)c2nc(N3CC[C@@H](N[C@H]4CCOC4)C[C@@H]3C)c(-c3nc(C)no3)c(C)c2c1. The largest absolute Gasteiger partial charge is 0.380 e. The van der Waals surface area contributed by atoms with Crippen LogP contribution in [0.4, 0.5) is 10.2 Å². The van der Waals surface area contributed by atoms with E-state index in [0.29, 0.717) is 29.3 Å². The van der Waals surface area contributed by atoms with Crippen molar-refractivity contribution in [2.75, 3.05) is 24.7 Å². The minimum Gasteiger partial charge on any atom is -0.380 e. The van der Waals surface area contributed by atoms with Gasteiger partial charge in [-0.1, -0.05) is 12.1 Å². The van der Waals surface area contributed by atoms with Crippen molar-refractivity contribution >= 4 is 16.7 Å². The molecule has 2 fully saturated rings. The van der Waals surface area contributed by atoms with Crippen molar-refractivity contribution in [1.29, 1.82) is 0 Å². The molecule has 0 bridgehead atoms. The van der Waals surface area contributed by atoms with Gasteiger partial charge in [0.25, 0.3) is 5.89 Å². The number of hydrogen-bond acceptors (Lipinski definition) is 7. The quantitative estimate of drug-likeness (QED) is 0.616. The number of benzene rings is 1. The Morgan fingerprint density at radius 3 is 2.70 bits per heavy atom. The van der Waals surface area contributed by atoms with Crippen LogP contribution >= 0.6 is 0 Å². The molecule has 2 aromatic heterocycles. The summed E-state index contributed by atoms with van der Waals surface area (Å²) in [4.78, 5) is 11.7. The Kier molecular flexibility index (Phi) is 6.05. The molecule has 176 valence electrons. The zero-order valence-corrected chi connectivity index (χ0v) is 19.8. The molecule has 4 heterocycles. The fourth-order valence-electron chi connectivity index (χ4n) is 5.22. The zero-order valence-electron chi connectivity index (χ0n) is 19.8. The van der Waals surface area contributed by atoms with Crippen LogP contribution in [-0.2, 0) is 11.2 Å². The molecule has 0 amide bonds. The Morgan fingerprint density at radius 1 is 1.18 bits per heavy atom. The third-order valence-corrected chi connectivity index (χ3v) is 7.04. The number of rotatable bonds is 5. The van der Waals surface area contributed by atoms with Gasteiger partial charge in [0, 0.05) is 36.7 Å². The normalized spacial score (nSPS) is 23.5. The van der Waals surface area contributed by atoms with E-state index >= 15 is 4.39 Å². The monoisotopic (exact) mass is 453 g/mol. The predicted octanol–water partition coefficient (Wildman–Crippen LogP) is 4.34. The van der Waals surface area contributed by atoms with Gasteiger partial charge in [0.15, 0.2) is 5.82 Å². The van der Waals surface area contributed by atoms with E-state index in [1.807, 2.05) is 19.9 Å². The van der Waals surface area contributed by atoms with Gasteiger partial charge in [-0.05, 0) is 69.7 Å². The maximum atomic E-state index is 15.1. The Morgan fingerprint density at radius 2 is 2.03 bits per heavy atom. The molecule has 0 saturated carbocycles. The van der Waals surface area contributed by atoms with Crippen LogP contribution in [0.15, 0.2) is 16.7 Å². The Bertz CT molecular complexity index is 1160. The summed E-state index contributed by atoms with van der Waals surface area (Å²) in [5.74, 6) is 1.44. The summed E-state index contributed by atoms with van der Waals surface area (Å²) in [5, 5.41) is 8.57. The van der Waals surface area contributed by atoms with Crippen molar-refractivity contribution in [2.24, 2.45) is 0 Å². The molecule has 5 rings (SSSR count).